The van der Waals surface area contributed by atoms with Gasteiger partial charge in [-0.1, -0.05) is 13.8 Å². The summed E-state index contributed by atoms with van der Waals surface area (Å²) in [7, 11) is -0.879. The summed E-state index contributed by atoms with van der Waals surface area (Å²) in [6.07, 6.45) is 0. The average molecular weight is 140 g/mol. The van der Waals surface area contributed by atoms with Crippen LogP contribution in [0.2, 0.25) is 0 Å². The van der Waals surface area contributed by atoms with Crippen LogP contribution in [0.15, 0.2) is 0 Å². The zero-order valence-electron chi connectivity index (χ0n) is 4.46. The van der Waals surface area contributed by atoms with Crippen LogP contribution in [0.5, 0.6) is 0 Å². The van der Waals surface area contributed by atoms with E-state index in [2.05, 4.69) is 0 Å². The van der Waals surface area contributed by atoms with Crippen molar-refractivity contribution in [2.24, 2.45) is 0 Å². The van der Waals surface area contributed by atoms with Gasteiger partial charge in [-0.2, -0.15) is 0 Å². The summed E-state index contributed by atoms with van der Waals surface area (Å²) in [5, 5.41) is 0. The summed E-state index contributed by atoms with van der Waals surface area (Å²) in [5.41, 5.74) is -0.127. The third-order valence-corrected chi connectivity index (χ3v) is 4.01. The van der Waals surface area contributed by atoms with Crippen molar-refractivity contribution in [3.8, 4) is 0 Å². The molecule has 7 heavy (non-hydrogen) atoms. The van der Waals surface area contributed by atoms with Gasteiger partial charge in [0.1, 0.15) is 0 Å². The van der Waals surface area contributed by atoms with Crippen molar-refractivity contribution in [3.05, 3.63) is 0 Å². The van der Waals surface area contributed by atoms with Gasteiger partial charge < -0.3 is 4.89 Å². The van der Waals surface area contributed by atoms with Crippen LogP contribution in [0.4, 0.5) is 0 Å². The molecule has 2 atom stereocenters. The van der Waals surface area contributed by atoms with Crippen LogP contribution in [0.3, 0.4) is 0 Å². The molecule has 0 aromatic carbocycles. The SMILES string of the molecule is CC(C)P(=O)(O)P. The van der Waals surface area contributed by atoms with Gasteiger partial charge in [-0.05, 0) is 8.93 Å². The first-order valence-electron chi connectivity index (χ1n) is 2.05. The first-order chi connectivity index (χ1) is 2.94. The Morgan fingerprint density at radius 2 is 1.86 bits per heavy atom. The lowest BCUT2D eigenvalue weighted by Crippen LogP contribution is -1.88. The van der Waals surface area contributed by atoms with E-state index >= 15 is 0 Å². The van der Waals surface area contributed by atoms with Gasteiger partial charge in [0.05, 0.1) is 0 Å². The molecule has 0 aliphatic heterocycles. The average Bonchev–Trinajstić information content (AvgIpc) is 1.31. The lowest BCUT2D eigenvalue weighted by Gasteiger charge is -2.06. The second-order valence-corrected chi connectivity index (χ2v) is 6.36. The van der Waals surface area contributed by atoms with Gasteiger partial charge in [-0.15, -0.1) is 0 Å². The Bertz CT molecular complexity index is 93.1. The molecule has 44 valence electrons. The normalized spacial score (nSPS) is 19.6. The first kappa shape index (κ1) is 7.62. The van der Waals surface area contributed by atoms with E-state index in [1.807, 2.05) is 8.93 Å². The van der Waals surface area contributed by atoms with Gasteiger partial charge in [0.25, 0.3) is 0 Å². The molecule has 0 aliphatic carbocycles. The molecule has 2 unspecified atom stereocenters. The van der Waals surface area contributed by atoms with Gasteiger partial charge >= 0.3 is 0 Å². The Morgan fingerprint density at radius 1 is 1.71 bits per heavy atom. The Kier molecular flexibility index (Phi) is 2.46. The molecule has 0 aromatic heterocycles. The summed E-state index contributed by atoms with van der Waals surface area (Å²) in [6, 6.07) is 0. The van der Waals surface area contributed by atoms with E-state index in [0.717, 1.165) is 0 Å². The van der Waals surface area contributed by atoms with Crippen molar-refractivity contribution in [2.45, 2.75) is 19.5 Å². The van der Waals surface area contributed by atoms with Crippen LogP contribution in [0.1, 0.15) is 13.8 Å². The minimum Gasteiger partial charge on any atom is -0.342 e. The predicted octanol–water partition coefficient (Wildman–Crippen LogP) is 1.46. The van der Waals surface area contributed by atoms with Crippen molar-refractivity contribution >= 4 is 16.0 Å². The molecule has 0 rings (SSSR count). The number of hydrogen-bond acceptors (Lipinski definition) is 1. The molecule has 0 saturated carbocycles. The summed E-state index contributed by atoms with van der Waals surface area (Å²) in [5.74, 6) is 0. The summed E-state index contributed by atoms with van der Waals surface area (Å²) >= 11 is 0. The van der Waals surface area contributed by atoms with Crippen LogP contribution in [-0.4, -0.2) is 10.6 Å². The van der Waals surface area contributed by atoms with E-state index in [-0.39, 0.29) is 5.66 Å². The van der Waals surface area contributed by atoms with Crippen molar-refractivity contribution in [1.29, 1.82) is 0 Å². The molecular weight excluding hydrogens is 130 g/mol. The Morgan fingerprint density at radius 3 is 1.86 bits per heavy atom. The van der Waals surface area contributed by atoms with E-state index < -0.39 is 7.06 Å². The standard InChI is InChI=1S/C3H10O2P2/c1-3(2)7(4,5)6/h3H,6H2,1-2H3,(H,4,5). The van der Waals surface area contributed by atoms with Gasteiger partial charge in [0, 0.05) is 5.66 Å². The molecule has 0 radical (unpaired) electrons. The third-order valence-electron chi connectivity index (χ3n) is 0.740. The molecule has 0 saturated heterocycles. The largest absolute Gasteiger partial charge is 0.342 e. The van der Waals surface area contributed by atoms with Gasteiger partial charge in [0.2, 0.25) is 7.06 Å². The fourth-order valence-electron chi connectivity index (χ4n) is 0. The van der Waals surface area contributed by atoms with E-state index in [1.165, 1.54) is 0 Å². The lowest BCUT2D eigenvalue weighted by atomic mass is 10.6. The van der Waals surface area contributed by atoms with Crippen molar-refractivity contribution in [3.63, 3.8) is 0 Å². The lowest BCUT2D eigenvalue weighted by molar-refractivity contribution is 0.488. The van der Waals surface area contributed by atoms with Crippen LogP contribution in [-0.2, 0) is 4.57 Å². The van der Waals surface area contributed by atoms with E-state index in [0.29, 0.717) is 0 Å². The molecule has 0 bridgehead atoms. The first-order valence-corrected chi connectivity index (χ1v) is 5.40. The topological polar surface area (TPSA) is 37.3 Å². The maximum Gasteiger partial charge on any atom is 0.216 e. The summed E-state index contributed by atoms with van der Waals surface area (Å²) in [4.78, 5) is 8.61. The van der Waals surface area contributed by atoms with Crippen LogP contribution in [0.25, 0.3) is 0 Å². The minimum atomic E-state index is -2.82. The molecule has 4 heteroatoms. The highest BCUT2D eigenvalue weighted by atomic mass is 32.0. The van der Waals surface area contributed by atoms with Gasteiger partial charge in [-0.3, -0.25) is 4.57 Å². The maximum absolute atomic E-state index is 10.4. The predicted molar refractivity (Wildman–Crippen MR) is 34.7 cm³/mol. The molecular formula is C3H10O2P2. The Labute approximate surface area is 45.9 Å². The molecule has 0 heterocycles. The smallest absolute Gasteiger partial charge is 0.216 e. The number of rotatable bonds is 1. The van der Waals surface area contributed by atoms with E-state index in [1.54, 1.807) is 13.8 Å². The van der Waals surface area contributed by atoms with E-state index in [9.17, 15) is 4.57 Å². The minimum absolute atomic E-state index is 0.127. The Balaban J connectivity index is 3.80. The van der Waals surface area contributed by atoms with Gasteiger partial charge in [0.15, 0.2) is 0 Å². The molecule has 1 N–H and O–H groups in total. The summed E-state index contributed by atoms with van der Waals surface area (Å²) in [6.45, 7) is 3.43. The molecule has 0 fully saturated rings. The van der Waals surface area contributed by atoms with Gasteiger partial charge in [-0.25, -0.2) is 0 Å². The zero-order valence-corrected chi connectivity index (χ0v) is 6.51. The highest BCUT2D eigenvalue weighted by Gasteiger charge is 2.13. The van der Waals surface area contributed by atoms with Crippen LogP contribution >= 0.6 is 16.0 Å². The van der Waals surface area contributed by atoms with Crippen LogP contribution in [0, 0.1) is 0 Å². The quantitative estimate of drug-likeness (QED) is 0.559. The van der Waals surface area contributed by atoms with Crippen molar-refractivity contribution < 1.29 is 9.46 Å². The molecule has 0 spiro atoms. The molecule has 0 aromatic rings. The second kappa shape index (κ2) is 2.26. The van der Waals surface area contributed by atoms with Crippen LogP contribution < -0.4 is 0 Å². The highest BCUT2D eigenvalue weighted by molar-refractivity contribution is 8.14. The second-order valence-electron chi connectivity index (χ2n) is 1.77. The third kappa shape index (κ3) is 3.22. The molecule has 0 amide bonds. The fourth-order valence-corrected chi connectivity index (χ4v) is 0. The molecule has 0 aliphatic rings. The summed E-state index contributed by atoms with van der Waals surface area (Å²) < 4.78 is 10.4. The Hall–Kier alpha value is 0.620. The molecule has 2 nitrogen and oxygen atoms in total. The maximum atomic E-state index is 10.4. The highest BCUT2D eigenvalue weighted by Crippen LogP contribution is 2.53. The number of hydrogen-bond donors (Lipinski definition) is 1. The van der Waals surface area contributed by atoms with E-state index in [4.69, 9.17) is 4.89 Å². The monoisotopic (exact) mass is 140 g/mol. The zero-order chi connectivity index (χ0) is 6.08. The fraction of sp³-hybridized carbons (Fsp3) is 1.00. The van der Waals surface area contributed by atoms with Crippen molar-refractivity contribution in [2.75, 3.05) is 0 Å². The van der Waals surface area contributed by atoms with Crippen molar-refractivity contribution in [1.82, 2.24) is 0 Å².